The summed E-state index contributed by atoms with van der Waals surface area (Å²) in [6.45, 7) is 2.00. The van der Waals surface area contributed by atoms with Gasteiger partial charge in [-0.25, -0.2) is 0 Å². The quantitative estimate of drug-likeness (QED) is 0.532. The van der Waals surface area contributed by atoms with Crippen molar-refractivity contribution in [3.05, 3.63) is 84.3 Å². The number of aromatic nitrogens is 3. The molecule has 0 atom stereocenters. The van der Waals surface area contributed by atoms with Gasteiger partial charge >= 0.3 is 0 Å². The lowest BCUT2D eigenvalue weighted by Gasteiger charge is -2.06. The van der Waals surface area contributed by atoms with E-state index in [-0.39, 0.29) is 0 Å². The Morgan fingerprint density at radius 3 is 2.33 bits per heavy atom. The minimum absolute atomic E-state index is 0.619. The van der Waals surface area contributed by atoms with Crippen LogP contribution in [-0.2, 0) is 0 Å². The van der Waals surface area contributed by atoms with Gasteiger partial charge in [0.05, 0.1) is 0 Å². The van der Waals surface area contributed by atoms with Gasteiger partial charge in [0.25, 0.3) is 12.0 Å². The van der Waals surface area contributed by atoms with E-state index in [0.29, 0.717) is 5.56 Å². The molecule has 2 aromatic heterocycles. The Morgan fingerprint density at radius 2 is 1.67 bits per heavy atom. The number of nitrogens with zero attached hydrogens (tertiary/aromatic N) is 4. The average Bonchev–Trinajstić information content (AvgIpc) is 3.09. The molecular formula is C20H15N4+. The summed E-state index contributed by atoms with van der Waals surface area (Å²) in [5, 5.41) is 14.3. The summed E-state index contributed by atoms with van der Waals surface area (Å²) in [6, 6.07) is 24.3. The Hall–Kier alpha value is -3.45. The van der Waals surface area contributed by atoms with Crippen LogP contribution in [0.2, 0.25) is 0 Å². The highest BCUT2D eigenvalue weighted by Crippen LogP contribution is 2.26. The van der Waals surface area contributed by atoms with Crippen LogP contribution in [0, 0.1) is 18.3 Å². The first-order valence-electron chi connectivity index (χ1n) is 7.73. The maximum atomic E-state index is 9.85. The van der Waals surface area contributed by atoms with Crippen LogP contribution < -0.4 is 4.57 Å². The van der Waals surface area contributed by atoms with Crippen molar-refractivity contribution in [3.8, 4) is 22.9 Å². The van der Waals surface area contributed by atoms with Gasteiger partial charge in [-0.2, -0.15) is 9.83 Å². The molecule has 0 fully saturated rings. The fourth-order valence-corrected chi connectivity index (χ4v) is 2.99. The highest BCUT2D eigenvalue weighted by molar-refractivity contribution is 5.76. The summed E-state index contributed by atoms with van der Waals surface area (Å²) in [7, 11) is 0. The Morgan fingerprint density at radius 1 is 1.00 bits per heavy atom. The molecule has 0 aliphatic heterocycles. The van der Waals surface area contributed by atoms with Gasteiger partial charge in [-0.1, -0.05) is 53.0 Å². The summed E-state index contributed by atoms with van der Waals surface area (Å²) in [5.74, 6) is 0. The highest BCUT2D eigenvalue weighted by Gasteiger charge is 2.23. The average molecular weight is 311 g/mol. The molecule has 0 N–H and O–H groups in total. The molecule has 0 saturated heterocycles. The Labute approximate surface area is 139 Å². The van der Waals surface area contributed by atoms with Gasteiger partial charge < -0.3 is 0 Å². The van der Waals surface area contributed by atoms with Gasteiger partial charge in [-0.15, -0.1) is 0 Å². The molecule has 4 rings (SSSR count). The summed E-state index contributed by atoms with van der Waals surface area (Å²) in [5.41, 5.74) is 5.32. The lowest BCUT2D eigenvalue weighted by atomic mass is 10.0. The molecular weight excluding hydrogens is 296 g/mol. The lowest BCUT2D eigenvalue weighted by molar-refractivity contribution is -0.568. The van der Waals surface area contributed by atoms with Crippen LogP contribution in [0.4, 0.5) is 0 Å². The van der Waals surface area contributed by atoms with E-state index in [9.17, 15) is 5.26 Å². The minimum atomic E-state index is 0.619. The van der Waals surface area contributed by atoms with Gasteiger partial charge in [-0.3, -0.25) is 0 Å². The van der Waals surface area contributed by atoms with Gasteiger partial charge in [0.1, 0.15) is 23.0 Å². The molecule has 0 bridgehead atoms. The van der Waals surface area contributed by atoms with Crippen LogP contribution in [-0.4, -0.2) is 9.61 Å². The molecule has 2 aromatic carbocycles. The molecule has 4 nitrogen and oxygen atoms in total. The van der Waals surface area contributed by atoms with Crippen molar-refractivity contribution >= 4 is 5.65 Å². The monoisotopic (exact) mass is 311 g/mol. The number of fused-ring (bicyclic) bond motifs is 1. The van der Waals surface area contributed by atoms with Gasteiger partial charge in [0.15, 0.2) is 0 Å². The summed E-state index contributed by atoms with van der Waals surface area (Å²) < 4.78 is 3.77. The molecule has 0 amide bonds. The van der Waals surface area contributed by atoms with E-state index in [4.69, 9.17) is 0 Å². The molecule has 0 radical (unpaired) electrons. The fourth-order valence-electron chi connectivity index (χ4n) is 2.99. The van der Waals surface area contributed by atoms with Crippen LogP contribution in [0.15, 0.2) is 73.1 Å². The summed E-state index contributed by atoms with van der Waals surface area (Å²) in [4.78, 5) is 0. The molecule has 2 heterocycles. The van der Waals surface area contributed by atoms with Crippen LogP contribution in [0.25, 0.3) is 22.5 Å². The largest absolute Gasteiger partial charge is 0.289 e. The second-order valence-corrected chi connectivity index (χ2v) is 5.62. The topological polar surface area (TPSA) is 45.0 Å². The number of aryl methyl sites for hydroxylation is 1. The number of hydrogen-bond donors (Lipinski definition) is 0. The molecule has 114 valence electrons. The number of pyridine rings is 1. The Bertz CT molecular complexity index is 1060. The number of hydrogen-bond acceptors (Lipinski definition) is 2. The Balaban J connectivity index is 2.10. The SMILES string of the molecule is Cc1cc(-c2ccccc2)c(C#N)c2n1nc[n+]2-c1ccccc1. The molecule has 0 unspecified atom stereocenters. The van der Waals surface area contributed by atoms with Crippen LogP contribution in [0.3, 0.4) is 0 Å². The van der Waals surface area contributed by atoms with E-state index in [1.165, 1.54) is 0 Å². The van der Waals surface area contributed by atoms with Crippen molar-refractivity contribution in [3.63, 3.8) is 0 Å². The van der Waals surface area contributed by atoms with E-state index >= 15 is 0 Å². The van der Waals surface area contributed by atoms with Crippen molar-refractivity contribution in [2.75, 3.05) is 0 Å². The van der Waals surface area contributed by atoms with Gasteiger partial charge in [0.2, 0.25) is 0 Å². The zero-order valence-electron chi connectivity index (χ0n) is 13.2. The molecule has 0 spiro atoms. The zero-order chi connectivity index (χ0) is 16.5. The minimum Gasteiger partial charge on any atom is -0.195 e. The molecule has 4 heteroatoms. The van der Waals surface area contributed by atoms with Gasteiger partial charge in [0, 0.05) is 10.7 Å². The molecule has 4 aromatic rings. The highest BCUT2D eigenvalue weighted by atomic mass is 15.3. The Kier molecular flexibility index (Phi) is 3.33. The van der Waals surface area contributed by atoms with E-state index in [1.54, 1.807) is 6.33 Å². The first kappa shape index (κ1) is 14.2. The number of nitriles is 1. The van der Waals surface area contributed by atoms with E-state index in [1.807, 2.05) is 82.7 Å². The maximum absolute atomic E-state index is 9.85. The van der Waals surface area contributed by atoms with Crippen LogP contribution in [0.1, 0.15) is 11.3 Å². The van der Waals surface area contributed by atoms with Crippen molar-refractivity contribution < 1.29 is 4.57 Å². The lowest BCUT2D eigenvalue weighted by Crippen LogP contribution is -2.30. The third-order valence-electron chi connectivity index (χ3n) is 4.12. The van der Waals surface area contributed by atoms with Crippen molar-refractivity contribution in [1.82, 2.24) is 9.61 Å². The van der Waals surface area contributed by atoms with Crippen LogP contribution in [0.5, 0.6) is 0 Å². The third kappa shape index (κ3) is 2.15. The summed E-state index contributed by atoms with van der Waals surface area (Å²) in [6.07, 6.45) is 1.76. The van der Waals surface area contributed by atoms with Crippen molar-refractivity contribution in [1.29, 1.82) is 5.26 Å². The first-order valence-corrected chi connectivity index (χ1v) is 7.73. The second-order valence-electron chi connectivity index (χ2n) is 5.62. The smallest absolute Gasteiger partial charge is 0.195 e. The predicted molar refractivity (Wildman–Crippen MR) is 91.6 cm³/mol. The number of benzene rings is 2. The number of para-hydroxylation sites is 1. The molecule has 0 saturated carbocycles. The standard InChI is InChI=1S/C20H15N4/c1-15-12-18(16-8-4-2-5-9-16)19(13-21)20-23(14-22-24(15)20)17-10-6-3-7-11-17/h2-12,14H,1H3/q+1. The predicted octanol–water partition coefficient (Wildman–Crippen LogP) is 3.46. The second kappa shape index (κ2) is 5.64. The van der Waals surface area contributed by atoms with Crippen molar-refractivity contribution in [2.24, 2.45) is 0 Å². The van der Waals surface area contributed by atoms with Gasteiger partial charge in [-0.05, 0) is 30.7 Å². The molecule has 0 aliphatic carbocycles. The number of rotatable bonds is 2. The summed E-state index contributed by atoms with van der Waals surface area (Å²) >= 11 is 0. The molecule has 24 heavy (non-hydrogen) atoms. The maximum Gasteiger partial charge on any atom is 0.289 e. The normalized spacial score (nSPS) is 10.7. The first-order chi connectivity index (χ1) is 11.8. The van der Waals surface area contributed by atoms with Crippen molar-refractivity contribution in [2.45, 2.75) is 6.92 Å². The van der Waals surface area contributed by atoms with E-state index in [2.05, 4.69) is 11.2 Å². The van der Waals surface area contributed by atoms with E-state index in [0.717, 1.165) is 28.2 Å². The van der Waals surface area contributed by atoms with E-state index < -0.39 is 0 Å². The van der Waals surface area contributed by atoms with Crippen LogP contribution >= 0.6 is 0 Å². The third-order valence-corrected chi connectivity index (χ3v) is 4.12. The zero-order valence-corrected chi connectivity index (χ0v) is 13.2. The fraction of sp³-hybridized carbons (Fsp3) is 0.0500. The molecule has 0 aliphatic rings.